The third-order valence-corrected chi connectivity index (χ3v) is 5.52. The predicted octanol–water partition coefficient (Wildman–Crippen LogP) is 4.61. The van der Waals surface area contributed by atoms with Gasteiger partial charge in [0.2, 0.25) is 0 Å². The first-order valence-electron chi connectivity index (χ1n) is 7.39. The molecule has 2 aromatic rings. The molecule has 2 heteroatoms. The monoisotopic (exact) mass is 273 g/mol. The molecule has 1 aromatic heterocycles. The molecule has 1 nitrogen and oxygen atoms in total. The second-order valence-corrected chi connectivity index (χ2v) is 7.15. The summed E-state index contributed by atoms with van der Waals surface area (Å²) in [5.41, 5.74) is 2.04. The van der Waals surface area contributed by atoms with E-state index in [1.54, 1.807) is 5.56 Å². The third kappa shape index (κ3) is 2.70. The van der Waals surface area contributed by atoms with Crippen molar-refractivity contribution in [3.05, 3.63) is 35.2 Å². The Bertz CT molecular complexity index is 559. The molecule has 1 heterocycles. The lowest BCUT2D eigenvalue weighted by atomic mass is 9.82. The molecule has 1 aromatic carbocycles. The van der Waals surface area contributed by atoms with Gasteiger partial charge in [0.25, 0.3) is 0 Å². The summed E-state index contributed by atoms with van der Waals surface area (Å²) in [6.07, 6.45) is 5.26. The van der Waals surface area contributed by atoms with Gasteiger partial charge in [-0.1, -0.05) is 32.0 Å². The largest absolute Gasteiger partial charge is 0.314 e. The van der Waals surface area contributed by atoms with E-state index in [0.717, 1.165) is 12.6 Å². The van der Waals surface area contributed by atoms with Crippen LogP contribution in [0, 0.1) is 5.41 Å². The minimum absolute atomic E-state index is 0.483. The highest BCUT2D eigenvalue weighted by Crippen LogP contribution is 2.42. The number of rotatable bonds is 4. The maximum atomic E-state index is 3.62. The third-order valence-electron chi connectivity index (χ3n) is 4.51. The maximum Gasteiger partial charge on any atom is 0.0345 e. The van der Waals surface area contributed by atoms with Crippen LogP contribution in [0.1, 0.15) is 38.7 Å². The number of thiophene rings is 1. The Morgan fingerprint density at radius 2 is 2.21 bits per heavy atom. The molecule has 1 aliphatic rings. The first-order chi connectivity index (χ1) is 9.20. The Morgan fingerprint density at radius 3 is 3.05 bits per heavy atom. The van der Waals surface area contributed by atoms with Gasteiger partial charge in [-0.3, -0.25) is 0 Å². The highest BCUT2D eigenvalue weighted by Gasteiger charge is 2.35. The van der Waals surface area contributed by atoms with E-state index < -0.39 is 0 Å². The van der Waals surface area contributed by atoms with Crippen LogP contribution >= 0.6 is 11.3 Å². The molecule has 19 heavy (non-hydrogen) atoms. The number of nitrogens with one attached hydrogen (secondary N) is 1. The summed E-state index contributed by atoms with van der Waals surface area (Å²) in [5, 5.41) is 7.46. The zero-order valence-corrected chi connectivity index (χ0v) is 12.7. The van der Waals surface area contributed by atoms with Gasteiger partial charge in [0.05, 0.1) is 0 Å². The van der Waals surface area contributed by atoms with Crippen LogP contribution in [0.15, 0.2) is 29.6 Å². The molecule has 2 unspecified atom stereocenters. The van der Waals surface area contributed by atoms with Gasteiger partial charge >= 0.3 is 0 Å². The zero-order chi connectivity index (χ0) is 13.3. The molecular formula is C17H23NS. The van der Waals surface area contributed by atoms with Crippen molar-refractivity contribution in [1.82, 2.24) is 5.32 Å². The Balaban J connectivity index is 1.78. The average molecular weight is 273 g/mol. The SMILES string of the molecule is CCNC1CCC(C)(Cc2csc3ccccc23)C1. The van der Waals surface area contributed by atoms with Crippen molar-refractivity contribution >= 4 is 21.4 Å². The van der Waals surface area contributed by atoms with Crippen molar-refractivity contribution in [2.45, 2.75) is 45.6 Å². The van der Waals surface area contributed by atoms with E-state index in [4.69, 9.17) is 0 Å². The number of benzene rings is 1. The van der Waals surface area contributed by atoms with Gasteiger partial charge in [-0.15, -0.1) is 11.3 Å². The number of hydrogen-bond acceptors (Lipinski definition) is 2. The van der Waals surface area contributed by atoms with Gasteiger partial charge in [-0.05, 0) is 60.0 Å². The van der Waals surface area contributed by atoms with Gasteiger partial charge < -0.3 is 5.32 Å². The fourth-order valence-corrected chi connectivity index (χ4v) is 4.54. The summed E-state index contributed by atoms with van der Waals surface area (Å²) in [6.45, 7) is 5.78. The van der Waals surface area contributed by atoms with Crippen LogP contribution in [-0.4, -0.2) is 12.6 Å². The average Bonchev–Trinajstić information content (AvgIpc) is 2.96. The van der Waals surface area contributed by atoms with E-state index in [2.05, 4.69) is 48.8 Å². The number of hydrogen-bond donors (Lipinski definition) is 1. The molecule has 0 aliphatic heterocycles. The van der Waals surface area contributed by atoms with E-state index in [9.17, 15) is 0 Å². The maximum absolute atomic E-state index is 3.62. The van der Waals surface area contributed by atoms with E-state index in [0.29, 0.717) is 5.41 Å². The minimum Gasteiger partial charge on any atom is -0.314 e. The second-order valence-electron chi connectivity index (χ2n) is 6.24. The van der Waals surface area contributed by atoms with Crippen molar-refractivity contribution in [2.24, 2.45) is 5.41 Å². The van der Waals surface area contributed by atoms with Crippen molar-refractivity contribution in [3.8, 4) is 0 Å². The Labute approximate surface area is 120 Å². The van der Waals surface area contributed by atoms with Crippen molar-refractivity contribution in [1.29, 1.82) is 0 Å². The molecule has 0 bridgehead atoms. The number of fused-ring (bicyclic) bond motifs is 1. The van der Waals surface area contributed by atoms with Gasteiger partial charge in [-0.2, -0.15) is 0 Å². The van der Waals surface area contributed by atoms with Crippen LogP contribution in [0.3, 0.4) is 0 Å². The summed E-state index contributed by atoms with van der Waals surface area (Å²) in [6, 6.07) is 9.56. The molecule has 1 fully saturated rings. The summed E-state index contributed by atoms with van der Waals surface area (Å²) in [7, 11) is 0. The zero-order valence-electron chi connectivity index (χ0n) is 11.9. The molecule has 2 atom stereocenters. The molecule has 1 saturated carbocycles. The van der Waals surface area contributed by atoms with E-state index in [-0.39, 0.29) is 0 Å². The minimum atomic E-state index is 0.483. The molecule has 0 radical (unpaired) electrons. The fraction of sp³-hybridized carbons (Fsp3) is 0.529. The lowest BCUT2D eigenvalue weighted by Crippen LogP contribution is -2.28. The smallest absolute Gasteiger partial charge is 0.0345 e. The van der Waals surface area contributed by atoms with Crippen molar-refractivity contribution in [2.75, 3.05) is 6.54 Å². The summed E-state index contributed by atoms with van der Waals surface area (Å²) < 4.78 is 1.43. The van der Waals surface area contributed by atoms with Crippen LogP contribution in [-0.2, 0) is 6.42 Å². The van der Waals surface area contributed by atoms with E-state index in [1.807, 2.05) is 11.3 Å². The molecule has 102 valence electrons. The molecule has 1 N–H and O–H groups in total. The van der Waals surface area contributed by atoms with E-state index in [1.165, 1.54) is 35.8 Å². The first-order valence-corrected chi connectivity index (χ1v) is 8.27. The van der Waals surface area contributed by atoms with Crippen LogP contribution < -0.4 is 5.32 Å². The fourth-order valence-electron chi connectivity index (χ4n) is 3.57. The van der Waals surface area contributed by atoms with Gasteiger partial charge in [0.15, 0.2) is 0 Å². The van der Waals surface area contributed by atoms with Crippen LogP contribution in [0.25, 0.3) is 10.1 Å². The molecular weight excluding hydrogens is 250 g/mol. The molecule has 0 saturated heterocycles. The molecule has 3 rings (SSSR count). The van der Waals surface area contributed by atoms with Gasteiger partial charge in [0, 0.05) is 10.7 Å². The summed E-state index contributed by atoms with van der Waals surface area (Å²) in [5.74, 6) is 0. The quantitative estimate of drug-likeness (QED) is 0.857. The lowest BCUT2D eigenvalue weighted by molar-refractivity contribution is 0.324. The van der Waals surface area contributed by atoms with Crippen LogP contribution in [0.4, 0.5) is 0 Å². The first kappa shape index (κ1) is 13.1. The predicted molar refractivity (Wildman–Crippen MR) is 85.0 cm³/mol. The Hall–Kier alpha value is -0.860. The highest BCUT2D eigenvalue weighted by molar-refractivity contribution is 7.17. The van der Waals surface area contributed by atoms with Crippen LogP contribution in [0.2, 0.25) is 0 Å². The molecule has 0 amide bonds. The summed E-state index contributed by atoms with van der Waals surface area (Å²) >= 11 is 1.89. The highest BCUT2D eigenvalue weighted by atomic mass is 32.1. The topological polar surface area (TPSA) is 12.0 Å². The lowest BCUT2D eigenvalue weighted by Gasteiger charge is -2.24. The molecule has 0 spiro atoms. The Morgan fingerprint density at radius 1 is 1.37 bits per heavy atom. The van der Waals surface area contributed by atoms with Crippen molar-refractivity contribution < 1.29 is 0 Å². The normalized spacial score (nSPS) is 27.2. The van der Waals surface area contributed by atoms with Crippen LogP contribution in [0.5, 0.6) is 0 Å². The summed E-state index contributed by atoms with van der Waals surface area (Å²) in [4.78, 5) is 0. The van der Waals surface area contributed by atoms with Crippen molar-refractivity contribution in [3.63, 3.8) is 0 Å². The second kappa shape index (κ2) is 5.26. The Kier molecular flexibility index (Phi) is 3.64. The van der Waals surface area contributed by atoms with E-state index >= 15 is 0 Å². The standard InChI is InChI=1S/C17H23NS/c1-3-18-14-8-9-17(2,11-14)10-13-12-19-16-7-5-4-6-15(13)16/h4-7,12,14,18H,3,8-11H2,1-2H3. The molecule has 1 aliphatic carbocycles. The van der Waals surface area contributed by atoms with Gasteiger partial charge in [0.1, 0.15) is 0 Å². The van der Waals surface area contributed by atoms with Gasteiger partial charge in [-0.25, -0.2) is 0 Å².